The SMILES string of the molecule is O=C1CCC(c2cnc3c(c2)C(c2cn[nH]c2)CN3S(=O)(=O)c2ccccc2)CC1. The lowest BCUT2D eigenvalue weighted by Crippen LogP contribution is -2.30. The first-order chi connectivity index (χ1) is 14.5. The van der Waals surface area contributed by atoms with Crippen molar-refractivity contribution in [2.24, 2.45) is 0 Å². The summed E-state index contributed by atoms with van der Waals surface area (Å²) in [7, 11) is -3.73. The van der Waals surface area contributed by atoms with Gasteiger partial charge in [0.2, 0.25) is 0 Å². The first kappa shape index (κ1) is 19.0. The third kappa shape index (κ3) is 3.21. The van der Waals surface area contributed by atoms with Gasteiger partial charge >= 0.3 is 0 Å². The zero-order valence-corrected chi connectivity index (χ0v) is 17.2. The molecule has 1 fully saturated rings. The van der Waals surface area contributed by atoms with Crippen molar-refractivity contribution in [1.82, 2.24) is 15.2 Å². The Labute approximate surface area is 175 Å². The van der Waals surface area contributed by atoms with E-state index in [1.165, 1.54) is 4.31 Å². The number of nitrogens with zero attached hydrogens (tertiary/aromatic N) is 3. The summed E-state index contributed by atoms with van der Waals surface area (Å²) in [4.78, 5) is 16.5. The summed E-state index contributed by atoms with van der Waals surface area (Å²) < 4.78 is 28.1. The molecule has 154 valence electrons. The van der Waals surface area contributed by atoms with Crippen molar-refractivity contribution < 1.29 is 13.2 Å². The maximum atomic E-state index is 13.4. The van der Waals surface area contributed by atoms with Crippen molar-refractivity contribution in [3.63, 3.8) is 0 Å². The van der Waals surface area contributed by atoms with Crippen LogP contribution in [0.5, 0.6) is 0 Å². The molecule has 0 radical (unpaired) electrons. The number of aromatic amines is 1. The summed E-state index contributed by atoms with van der Waals surface area (Å²) in [6.45, 7) is 0.283. The van der Waals surface area contributed by atoms with E-state index in [9.17, 15) is 13.2 Å². The minimum absolute atomic E-state index is 0.144. The van der Waals surface area contributed by atoms with Crippen molar-refractivity contribution >= 4 is 21.6 Å². The van der Waals surface area contributed by atoms with Crippen LogP contribution in [0.3, 0.4) is 0 Å². The van der Waals surface area contributed by atoms with E-state index < -0.39 is 10.0 Å². The quantitative estimate of drug-likeness (QED) is 0.695. The Balaban J connectivity index is 1.57. The van der Waals surface area contributed by atoms with Gasteiger partial charge in [-0.25, -0.2) is 17.7 Å². The predicted molar refractivity (Wildman–Crippen MR) is 112 cm³/mol. The molecule has 0 saturated heterocycles. The Kier molecular flexibility index (Phi) is 4.66. The average Bonchev–Trinajstić information content (AvgIpc) is 3.42. The van der Waals surface area contributed by atoms with Gasteiger partial charge in [0, 0.05) is 43.3 Å². The van der Waals surface area contributed by atoms with E-state index in [1.54, 1.807) is 48.9 Å². The minimum atomic E-state index is -3.73. The van der Waals surface area contributed by atoms with Crippen LogP contribution < -0.4 is 4.31 Å². The average molecular weight is 423 g/mol. The monoisotopic (exact) mass is 422 g/mol. The summed E-state index contributed by atoms with van der Waals surface area (Å²) in [5.41, 5.74) is 2.90. The largest absolute Gasteiger partial charge is 0.300 e. The van der Waals surface area contributed by atoms with E-state index in [4.69, 9.17) is 0 Å². The number of ketones is 1. The van der Waals surface area contributed by atoms with Crippen LogP contribution >= 0.6 is 0 Å². The number of hydrogen-bond donors (Lipinski definition) is 1. The van der Waals surface area contributed by atoms with E-state index in [0.717, 1.165) is 29.5 Å². The second kappa shape index (κ2) is 7.36. The number of Topliss-reactive ketones (excluding diaryl/α,β-unsaturated/α-hetero) is 1. The number of sulfonamides is 1. The van der Waals surface area contributed by atoms with E-state index in [-0.39, 0.29) is 23.3 Å². The normalized spacial score (nSPS) is 19.8. The molecule has 1 aromatic carbocycles. The number of fused-ring (bicyclic) bond motifs is 1. The van der Waals surface area contributed by atoms with Crippen molar-refractivity contribution in [2.45, 2.75) is 42.4 Å². The highest BCUT2D eigenvalue weighted by molar-refractivity contribution is 7.92. The molecule has 1 aliphatic carbocycles. The second-order valence-corrected chi connectivity index (χ2v) is 9.79. The van der Waals surface area contributed by atoms with Gasteiger partial charge in [0.05, 0.1) is 11.1 Å². The lowest BCUT2D eigenvalue weighted by Gasteiger charge is -2.22. The number of aromatic nitrogens is 3. The van der Waals surface area contributed by atoms with Gasteiger partial charge in [0.15, 0.2) is 0 Å². The molecule has 2 aliphatic rings. The van der Waals surface area contributed by atoms with Crippen molar-refractivity contribution in [3.05, 3.63) is 71.7 Å². The van der Waals surface area contributed by atoms with Crippen molar-refractivity contribution in [3.8, 4) is 0 Å². The molecule has 3 aromatic rings. The lowest BCUT2D eigenvalue weighted by atomic mass is 9.83. The number of carbonyl (C=O) groups is 1. The summed E-state index contributed by atoms with van der Waals surface area (Å²) >= 11 is 0. The number of H-pyrrole nitrogens is 1. The number of hydrogen-bond acceptors (Lipinski definition) is 5. The molecule has 3 heterocycles. The van der Waals surface area contributed by atoms with Crippen LogP contribution in [0, 0.1) is 0 Å². The number of benzene rings is 1. The smallest absolute Gasteiger partial charge is 0.265 e. The van der Waals surface area contributed by atoms with Crippen LogP contribution in [0.1, 0.15) is 54.2 Å². The lowest BCUT2D eigenvalue weighted by molar-refractivity contribution is -0.120. The van der Waals surface area contributed by atoms with Gasteiger partial charge in [-0.3, -0.25) is 9.89 Å². The van der Waals surface area contributed by atoms with Gasteiger partial charge in [-0.1, -0.05) is 18.2 Å². The molecule has 7 nitrogen and oxygen atoms in total. The van der Waals surface area contributed by atoms with Gasteiger partial charge in [0.1, 0.15) is 11.6 Å². The number of anilines is 1. The fraction of sp³-hybridized carbons (Fsp3) is 0.318. The molecule has 2 aromatic heterocycles. The Morgan fingerprint density at radius 2 is 1.80 bits per heavy atom. The van der Waals surface area contributed by atoms with E-state index in [2.05, 4.69) is 21.2 Å². The number of carbonyl (C=O) groups excluding carboxylic acids is 1. The molecule has 1 unspecified atom stereocenters. The number of rotatable bonds is 4. The topological polar surface area (TPSA) is 96.0 Å². The molecule has 1 N–H and O–H groups in total. The molecular weight excluding hydrogens is 400 g/mol. The van der Waals surface area contributed by atoms with E-state index >= 15 is 0 Å². The summed E-state index contributed by atoms with van der Waals surface area (Å²) in [6, 6.07) is 10.5. The van der Waals surface area contributed by atoms with Crippen LogP contribution in [0.2, 0.25) is 0 Å². The Morgan fingerprint density at radius 1 is 1.03 bits per heavy atom. The molecule has 5 rings (SSSR count). The third-order valence-electron chi connectivity index (χ3n) is 6.14. The van der Waals surface area contributed by atoms with Crippen LogP contribution in [-0.2, 0) is 14.8 Å². The first-order valence-electron chi connectivity index (χ1n) is 10.1. The number of pyridine rings is 1. The first-order valence-corrected chi connectivity index (χ1v) is 11.6. The molecule has 0 spiro atoms. The highest BCUT2D eigenvalue weighted by Crippen LogP contribution is 2.43. The second-order valence-electron chi connectivity index (χ2n) is 7.93. The standard InChI is InChI=1S/C22H22N4O3S/c27-18-8-6-15(7-9-18)16-10-20-21(17-12-24-25-13-17)14-26(22(20)23-11-16)30(28,29)19-4-2-1-3-5-19/h1-5,10-13,15,21H,6-9,14H2,(H,24,25). The van der Waals surface area contributed by atoms with Crippen LogP contribution in [0.25, 0.3) is 0 Å². The van der Waals surface area contributed by atoms with Crippen LogP contribution in [0.15, 0.2) is 59.9 Å². The van der Waals surface area contributed by atoms with Gasteiger partial charge < -0.3 is 0 Å². The van der Waals surface area contributed by atoms with Crippen molar-refractivity contribution in [1.29, 1.82) is 0 Å². The van der Waals surface area contributed by atoms with E-state index in [0.29, 0.717) is 24.4 Å². The fourth-order valence-corrected chi connectivity index (χ4v) is 5.95. The molecule has 1 atom stereocenters. The van der Waals surface area contributed by atoms with Crippen LogP contribution in [0.4, 0.5) is 5.82 Å². The molecule has 8 heteroatoms. The third-order valence-corrected chi connectivity index (χ3v) is 7.91. The number of nitrogens with one attached hydrogen (secondary N) is 1. The van der Waals surface area contributed by atoms with Gasteiger partial charge in [-0.15, -0.1) is 0 Å². The van der Waals surface area contributed by atoms with Gasteiger partial charge in [0.25, 0.3) is 10.0 Å². The molecule has 1 saturated carbocycles. The van der Waals surface area contributed by atoms with Gasteiger partial charge in [-0.2, -0.15) is 5.10 Å². The Bertz CT molecular complexity index is 1170. The molecule has 0 amide bonds. The van der Waals surface area contributed by atoms with E-state index in [1.807, 2.05) is 0 Å². The zero-order chi connectivity index (χ0) is 20.7. The zero-order valence-electron chi connectivity index (χ0n) is 16.4. The summed E-state index contributed by atoms with van der Waals surface area (Å²) in [5.74, 6) is 0.928. The highest BCUT2D eigenvalue weighted by atomic mass is 32.2. The highest BCUT2D eigenvalue weighted by Gasteiger charge is 2.39. The summed E-state index contributed by atoms with van der Waals surface area (Å²) in [5, 5.41) is 6.88. The molecule has 0 bridgehead atoms. The molecule has 1 aliphatic heterocycles. The summed E-state index contributed by atoms with van der Waals surface area (Å²) in [6.07, 6.45) is 8.16. The maximum absolute atomic E-state index is 13.4. The molecular formula is C22H22N4O3S. The van der Waals surface area contributed by atoms with Crippen LogP contribution in [-0.4, -0.2) is 35.9 Å². The predicted octanol–water partition coefficient (Wildman–Crippen LogP) is 3.37. The Morgan fingerprint density at radius 3 is 2.50 bits per heavy atom. The fourth-order valence-electron chi connectivity index (χ4n) is 4.47. The molecule has 30 heavy (non-hydrogen) atoms. The minimum Gasteiger partial charge on any atom is -0.300 e. The maximum Gasteiger partial charge on any atom is 0.265 e. The van der Waals surface area contributed by atoms with Crippen molar-refractivity contribution in [2.75, 3.05) is 10.8 Å². The van der Waals surface area contributed by atoms with Gasteiger partial charge in [-0.05, 0) is 48.1 Å². The Hall–Kier alpha value is -3.00.